The van der Waals surface area contributed by atoms with Gasteiger partial charge in [-0.05, 0) is 0 Å². The topological polar surface area (TPSA) is 131 Å². The van der Waals surface area contributed by atoms with Crippen LogP contribution in [0.2, 0.25) is 0 Å². The number of nitrogens with zero attached hydrogens (tertiary/aromatic N) is 4. The fourth-order valence-corrected chi connectivity index (χ4v) is 1.92. The minimum Gasteiger partial charge on any atom is -0.394 e. The van der Waals surface area contributed by atoms with Gasteiger partial charge in [-0.1, -0.05) is 0 Å². The molecule has 21 heavy (non-hydrogen) atoms. The Balaban J connectivity index is 2.16. The number of hydrazine groups is 1. The lowest BCUT2D eigenvalue weighted by Crippen LogP contribution is -2.38. The van der Waals surface area contributed by atoms with Crippen LogP contribution in [0.15, 0.2) is 0 Å². The molecule has 1 aromatic rings. The van der Waals surface area contributed by atoms with E-state index in [-0.39, 0.29) is 18.6 Å². The molecule has 118 valence electrons. The zero-order valence-corrected chi connectivity index (χ0v) is 11.9. The monoisotopic (exact) mass is 299 g/mol. The third-order valence-corrected chi connectivity index (χ3v) is 2.97. The second kappa shape index (κ2) is 7.88. The Kier molecular flexibility index (Phi) is 5.87. The van der Waals surface area contributed by atoms with Crippen LogP contribution in [-0.4, -0.2) is 72.7 Å². The third-order valence-electron chi connectivity index (χ3n) is 2.97. The molecule has 1 fully saturated rings. The molecule has 10 heteroatoms. The highest BCUT2D eigenvalue weighted by Gasteiger charge is 2.17. The van der Waals surface area contributed by atoms with Crippen LogP contribution in [-0.2, 0) is 9.47 Å². The summed E-state index contributed by atoms with van der Waals surface area (Å²) >= 11 is 0. The largest absolute Gasteiger partial charge is 0.394 e. The van der Waals surface area contributed by atoms with Crippen molar-refractivity contribution in [3.8, 4) is 0 Å². The summed E-state index contributed by atoms with van der Waals surface area (Å²) in [6.07, 6.45) is 0. The van der Waals surface area contributed by atoms with Gasteiger partial charge in [-0.3, -0.25) is 5.43 Å². The Morgan fingerprint density at radius 3 is 2.67 bits per heavy atom. The van der Waals surface area contributed by atoms with Crippen molar-refractivity contribution in [2.75, 3.05) is 62.3 Å². The van der Waals surface area contributed by atoms with Crippen molar-refractivity contribution in [2.45, 2.75) is 6.04 Å². The van der Waals surface area contributed by atoms with E-state index in [0.29, 0.717) is 44.8 Å². The van der Waals surface area contributed by atoms with Gasteiger partial charge in [-0.2, -0.15) is 15.0 Å². The van der Waals surface area contributed by atoms with Crippen molar-refractivity contribution >= 4 is 17.8 Å². The molecule has 0 aromatic carbocycles. The molecule has 2 rings (SSSR count). The van der Waals surface area contributed by atoms with Gasteiger partial charge < -0.3 is 24.8 Å². The molecule has 0 amide bonds. The average Bonchev–Trinajstić information content (AvgIpc) is 2.55. The first-order valence-electron chi connectivity index (χ1n) is 6.68. The highest BCUT2D eigenvalue weighted by Crippen LogP contribution is 2.15. The zero-order chi connectivity index (χ0) is 15.1. The van der Waals surface area contributed by atoms with Gasteiger partial charge in [0.15, 0.2) is 0 Å². The van der Waals surface area contributed by atoms with Crippen molar-refractivity contribution in [2.24, 2.45) is 5.84 Å². The van der Waals surface area contributed by atoms with Gasteiger partial charge in [0, 0.05) is 20.2 Å². The molecule has 0 spiro atoms. The van der Waals surface area contributed by atoms with Gasteiger partial charge in [0.05, 0.1) is 32.5 Å². The highest BCUT2D eigenvalue weighted by molar-refractivity contribution is 5.44. The predicted molar refractivity (Wildman–Crippen MR) is 77.0 cm³/mol. The van der Waals surface area contributed by atoms with Crippen molar-refractivity contribution in [3.63, 3.8) is 0 Å². The number of aliphatic hydroxyl groups is 1. The molecule has 1 aliphatic heterocycles. The summed E-state index contributed by atoms with van der Waals surface area (Å²) < 4.78 is 10.3. The van der Waals surface area contributed by atoms with Crippen molar-refractivity contribution in [1.82, 2.24) is 15.0 Å². The normalized spacial score (nSPS) is 16.6. The summed E-state index contributed by atoms with van der Waals surface area (Å²) in [6, 6.07) is -0.305. The van der Waals surface area contributed by atoms with E-state index in [2.05, 4.69) is 25.7 Å². The summed E-state index contributed by atoms with van der Waals surface area (Å²) in [7, 11) is 1.56. The van der Waals surface area contributed by atoms with Gasteiger partial charge in [-0.25, -0.2) is 5.84 Å². The fraction of sp³-hybridized carbons (Fsp3) is 0.727. The number of nitrogens with one attached hydrogen (secondary N) is 2. The molecule has 5 N–H and O–H groups in total. The standard InChI is InChI=1S/C11H21N7O3/c1-20-7-8(6-19)13-9-14-10(17-12)16-11(15-9)18-2-4-21-5-3-18/h8,19H,2-7,12H2,1H3,(H2,13,14,15,16,17). The Morgan fingerprint density at radius 2 is 2.05 bits per heavy atom. The van der Waals surface area contributed by atoms with E-state index >= 15 is 0 Å². The number of ether oxygens (including phenoxy) is 2. The molecule has 0 aliphatic carbocycles. The second-order valence-corrected chi connectivity index (χ2v) is 4.51. The van der Waals surface area contributed by atoms with E-state index in [1.165, 1.54) is 0 Å². The smallest absolute Gasteiger partial charge is 0.243 e. The number of methoxy groups -OCH3 is 1. The molecular formula is C11H21N7O3. The van der Waals surface area contributed by atoms with Crippen LogP contribution in [0.4, 0.5) is 17.8 Å². The molecule has 2 heterocycles. The number of hydrogen-bond acceptors (Lipinski definition) is 10. The summed E-state index contributed by atoms with van der Waals surface area (Å²) in [4.78, 5) is 14.7. The predicted octanol–water partition coefficient (Wildman–Crippen LogP) is -1.59. The average molecular weight is 299 g/mol. The van der Waals surface area contributed by atoms with Crippen LogP contribution < -0.4 is 21.5 Å². The Labute approximate surface area is 122 Å². The summed E-state index contributed by atoms with van der Waals surface area (Å²) in [5.41, 5.74) is 2.42. The van der Waals surface area contributed by atoms with Crippen LogP contribution in [0, 0.1) is 0 Å². The van der Waals surface area contributed by atoms with Gasteiger partial charge >= 0.3 is 0 Å². The Hall–Kier alpha value is -1.75. The quantitative estimate of drug-likeness (QED) is 0.345. The maximum absolute atomic E-state index is 9.28. The lowest BCUT2D eigenvalue weighted by molar-refractivity contribution is 0.122. The van der Waals surface area contributed by atoms with E-state index < -0.39 is 0 Å². The van der Waals surface area contributed by atoms with Gasteiger partial charge in [-0.15, -0.1) is 0 Å². The maximum atomic E-state index is 9.28. The van der Waals surface area contributed by atoms with Crippen LogP contribution in [0.1, 0.15) is 0 Å². The maximum Gasteiger partial charge on any atom is 0.243 e. The molecule has 1 saturated heterocycles. The number of morpholine rings is 1. The van der Waals surface area contributed by atoms with E-state index in [9.17, 15) is 5.11 Å². The number of nitrogens with two attached hydrogens (primary N) is 1. The summed E-state index contributed by atoms with van der Waals surface area (Å²) in [5, 5.41) is 12.3. The molecule has 1 unspecified atom stereocenters. The molecular weight excluding hydrogens is 278 g/mol. The Bertz CT molecular complexity index is 442. The minimum absolute atomic E-state index is 0.0994. The SMILES string of the molecule is COCC(CO)Nc1nc(NN)nc(N2CCOCC2)n1. The van der Waals surface area contributed by atoms with E-state index in [1.54, 1.807) is 7.11 Å². The van der Waals surface area contributed by atoms with E-state index in [0.717, 1.165) is 0 Å². The zero-order valence-electron chi connectivity index (χ0n) is 11.9. The van der Waals surface area contributed by atoms with Crippen molar-refractivity contribution in [3.05, 3.63) is 0 Å². The first kappa shape index (κ1) is 15.6. The lowest BCUT2D eigenvalue weighted by Gasteiger charge is -2.27. The molecule has 1 atom stereocenters. The molecule has 1 aliphatic rings. The van der Waals surface area contributed by atoms with Crippen LogP contribution in [0.5, 0.6) is 0 Å². The van der Waals surface area contributed by atoms with E-state index in [4.69, 9.17) is 15.3 Å². The van der Waals surface area contributed by atoms with Crippen molar-refractivity contribution in [1.29, 1.82) is 0 Å². The number of rotatable bonds is 7. The lowest BCUT2D eigenvalue weighted by atomic mass is 10.3. The summed E-state index contributed by atoms with van der Waals surface area (Å²) in [5.74, 6) is 6.49. The fourth-order valence-electron chi connectivity index (χ4n) is 1.92. The second-order valence-electron chi connectivity index (χ2n) is 4.51. The number of aromatic nitrogens is 3. The van der Waals surface area contributed by atoms with Gasteiger partial charge in [0.2, 0.25) is 17.8 Å². The third kappa shape index (κ3) is 4.36. The molecule has 0 bridgehead atoms. The molecule has 10 nitrogen and oxygen atoms in total. The van der Waals surface area contributed by atoms with Crippen LogP contribution in [0.3, 0.4) is 0 Å². The van der Waals surface area contributed by atoms with E-state index in [1.807, 2.05) is 4.90 Å². The van der Waals surface area contributed by atoms with Crippen molar-refractivity contribution < 1.29 is 14.6 Å². The van der Waals surface area contributed by atoms with Crippen LogP contribution in [0.25, 0.3) is 0 Å². The molecule has 1 aromatic heterocycles. The summed E-state index contributed by atoms with van der Waals surface area (Å²) in [6.45, 7) is 2.90. The van der Waals surface area contributed by atoms with Gasteiger partial charge in [0.1, 0.15) is 0 Å². The first-order chi connectivity index (χ1) is 10.3. The number of nitrogen functional groups attached to an aromatic ring is 1. The highest BCUT2D eigenvalue weighted by atomic mass is 16.5. The molecule has 0 saturated carbocycles. The minimum atomic E-state index is -0.305. The van der Waals surface area contributed by atoms with Gasteiger partial charge in [0.25, 0.3) is 0 Å². The first-order valence-corrected chi connectivity index (χ1v) is 6.68. The van der Waals surface area contributed by atoms with Crippen LogP contribution >= 0.6 is 0 Å². The molecule has 0 radical (unpaired) electrons. The number of anilines is 3. The number of aliphatic hydroxyl groups excluding tert-OH is 1. The Morgan fingerprint density at radius 1 is 1.33 bits per heavy atom. The number of hydrogen-bond donors (Lipinski definition) is 4.